The minimum absolute atomic E-state index is 0.163. The molecule has 0 bridgehead atoms. The van der Waals surface area contributed by atoms with Gasteiger partial charge < -0.3 is 10.4 Å². The molecule has 0 aromatic heterocycles. The standard InChI is InChI=1S/C13H29NO/c1-12(2)8-6-4-5-7-10-14-11-9-13(3)15/h12-15H,4-11H2,1-3H3. The van der Waals surface area contributed by atoms with E-state index in [1.807, 2.05) is 6.92 Å². The van der Waals surface area contributed by atoms with Crippen LogP contribution in [0.4, 0.5) is 0 Å². The van der Waals surface area contributed by atoms with E-state index >= 15 is 0 Å². The highest BCUT2D eigenvalue weighted by Crippen LogP contribution is 2.08. The van der Waals surface area contributed by atoms with Crippen LogP contribution in [0.2, 0.25) is 0 Å². The molecule has 2 N–H and O–H groups in total. The van der Waals surface area contributed by atoms with E-state index in [0.29, 0.717) is 0 Å². The van der Waals surface area contributed by atoms with Gasteiger partial charge in [0.25, 0.3) is 0 Å². The Morgan fingerprint density at radius 1 is 0.867 bits per heavy atom. The molecule has 1 unspecified atom stereocenters. The molecular weight excluding hydrogens is 186 g/mol. The Labute approximate surface area is 95.5 Å². The topological polar surface area (TPSA) is 32.3 Å². The summed E-state index contributed by atoms with van der Waals surface area (Å²) in [6.45, 7) is 8.47. The number of aliphatic hydroxyl groups is 1. The van der Waals surface area contributed by atoms with Crippen LogP contribution in [-0.2, 0) is 0 Å². The zero-order chi connectivity index (χ0) is 11.5. The molecule has 0 aromatic carbocycles. The van der Waals surface area contributed by atoms with Gasteiger partial charge in [0, 0.05) is 0 Å². The first kappa shape index (κ1) is 14.9. The molecule has 92 valence electrons. The predicted octanol–water partition coefficient (Wildman–Crippen LogP) is 2.95. The Hall–Kier alpha value is -0.0800. The molecule has 0 amide bonds. The summed E-state index contributed by atoms with van der Waals surface area (Å²) >= 11 is 0. The fourth-order valence-corrected chi connectivity index (χ4v) is 1.59. The lowest BCUT2D eigenvalue weighted by atomic mass is 10.0. The van der Waals surface area contributed by atoms with Crippen LogP contribution < -0.4 is 5.32 Å². The highest BCUT2D eigenvalue weighted by atomic mass is 16.3. The molecule has 2 heteroatoms. The van der Waals surface area contributed by atoms with E-state index in [2.05, 4.69) is 19.2 Å². The normalized spacial score (nSPS) is 13.4. The summed E-state index contributed by atoms with van der Waals surface area (Å²) in [7, 11) is 0. The molecule has 0 aromatic rings. The average Bonchev–Trinajstić information content (AvgIpc) is 2.14. The predicted molar refractivity (Wildman–Crippen MR) is 67.1 cm³/mol. The third-order valence-corrected chi connectivity index (χ3v) is 2.62. The SMILES string of the molecule is CC(C)CCCCCCNCCC(C)O. The lowest BCUT2D eigenvalue weighted by molar-refractivity contribution is 0.184. The highest BCUT2D eigenvalue weighted by Gasteiger charge is 1.96. The average molecular weight is 215 g/mol. The summed E-state index contributed by atoms with van der Waals surface area (Å²) in [6.07, 6.45) is 7.44. The molecule has 0 saturated carbocycles. The minimum atomic E-state index is -0.163. The maximum absolute atomic E-state index is 9.04. The van der Waals surface area contributed by atoms with Gasteiger partial charge in [-0.15, -0.1) is 0 Å². The third kappa shape index (κ3) is 13.9. The Balaban J connectivity index is 2.93. The van der Waals surface area contributed by atoms with Crippen LogP contribution in [0.15, 0.2) is 0 Å². The van der Waals surface area contributed by atoms with Gasteiger partial charge in [-0.25, -0.2) is 0 Å². The van der Waals surface area contributed by atoms with Gasteiger partial charge in [-0.05, 0) is 38.8 Å². The molecular formula is C13H29NO. The highest BCUT2D eigenvalue weighted by molar-refractivity contribution is 4.53. The molecule has 0 spiro atoms. The van der Waals surface area contributed by atoms with Gasteiger partial charge in [0.15, 0.2) is 0 Å². The summed E-state index contributed by atoms with van der Waals surface area (Å²) in [4.78, 5) is 0. The van der Waals surface area contributed by atoms with Crippen LogP contribution in [0.1, 0.15) is 59.3 Å². The smallest absolute Gasteiger partial charge is 0.0524 e. The second kappa shape index (κ2) is 10.4. The molecule has 0 saturated heterocycles. The fraction of sp³-hybridized carbons (Fsp3) is 1.00. The van der Waals surface area contributed by atoms with E-state index in [0.717, 1.165) is 25.4 Å². The van der Waals surface area contributed by atoms with Crippen molar-refractivity contribution in [1.82, 2.24) is 5.32 Å². The van der Waals surface area contributed by atoms with Crippen molar-refractivity contribution in [3.63, 3.8) is 0 Å². The van der Waals surface area contributed by atoms with Gasteiger partial charge in [-0.3, -0.25) is 0 Å². The zero-order valence-electron chi connectivity index (χ0n) is 10.8. The molecule has 0 aliphatic carbocycles. The van der Waals surface area contributed by atoms with Crippen molar-refractivity contribution in [2.24, 2.45) is 5.92 Å². The summed E-state index contributed by atoms with van der Waals surface area (Å²) in [5, 5.41) is 12.4. The second-order valence-electron chi connectivity index (χ2n) is 4.98. The Morgan fingerprint density at radius 3 is 2.13 bits per heavy atom. The largest absolute Gasteiger partial charge is 0.393 e. The van der Waals surface area contributed by atoms with Crippen molar-refractivity contribution in [1.29, 1.82) is 0 Å². The second-order valence-corrected chi connectivity index (χ2v) is 4.98. The van der Waals surface area contributed by atoms with Crippen LogP contribution in [-0.4, -0.2) is 24.3 Å². The first-order valence-corrected chi connectivity index (χ1v) is 6.51. The number of hydrogen-bond acceptors (Lipinski definition) is 2. The van der Waals surface area contributed by atoms with Gasteiger partial charge in [0.05, 0.1) is 6.10 Å². The van der Waals surface area contributed by atoms with Crippen LogP contribution in [0.3, 0.4) is 0 Å². The van der Waals surface area contributed by atoms with Gasteiger partial charge in [0.2, 0.25) is 0 Å². The van der Waals surface area contributed by atoms with Crippen LogP contribution in [0.5, 0.6) is 0 Å². The zero-order valence-corrected chi connectivity index (χ0v) is 10.8. The minimum Gasteiger partial charge on any atom is -0.393 e. The molecule has 15 heavy (non-hydrogen) atoms. The summed E-state index contributed by atoms with van der Waals surface area (Å²) < 4.78 is 0. The molecule has 0 fully saturated rings. The Morgan fingerprint density at radius 2 is 1.53 bits per heavy atom. The monoisotopic (exact) mass is 215 g/mol. The van der Waals surface area contributed by atoms with E-state index in [1.165, 1.54) is 32.1 Å². The molecule has 0 rings (SSSR count). The van der Waals surface area contributed by atoms with Gasteiger partial charge in [0.1, 0.15) is 0 Å². The van der Waals surface area contributed by atoms with E-state index in [4.69, 9.17) is 5.11 Å². The molecule has 0 aliphatic heterocycles. The van der Waals surface area contributed by atoms with E-state index < -0.39 is 0 Å². The Kier molecular flexibility index (Phi) is 10.4. The van der Waals surface area contributed by atoms with Crippen molar-refractivity contribution >= 4 is 0 Å². The fourth-order valence-electron chi connectivity index (χ4n) is 1.59. The maximum atomic E-state index is 9.04. The summed E-state index contributed by atoms with van der Waals surface area (Å²) in [5.41, 5.74) is 0. The first-order valence-electron chi connectivity index (χ1n) is 6.51. The van der Waals surface area contributed by atoms with Gasteiger partial charge in [-0.1, -0.05) is 39.5 Å². The van der Waals surface area contributed by atoms with E-state index in [-0.39, 0.29) is 6.10 Å². The lowest BCUT2D eigenvalue weighted by Crippen LogP contribution is -2.20. The Bertz CT molecular complexity index is 110. The maximum Gasteiger partial charge on any atom is 0.0524 e. The quantitative estimate of drug-likeness (QED) is 0.549. The molecule has 2 nitrogen and oxygen atoms in total. The third-order valence-electron chi connectivity index (χ3n) is 2.62. The van der Waals surface area contributed by atoms with Crippen molar-refractivity contribution in [3.05, 3.63) is 0 Å². The summed E-state index contributed by atoms with van der Waals surface area (Å²) in [6, 6.07) is 0. The van der Waals surface area contributed by atoms with Gasteiger partial charge in [-0.2, -0.15) is 0 Å². The van der Waals surface area contributed by atoms with Crippen molar-refractivity contribution < 1.29 is 5.11 Å². The number of unbranched alkanes of at least 4 members (excludes halogenated alkanes) is 3. The van der Waals surface area contributed by atoms with Crippen molar-refractivity contribution in [3.8, 4) is 0 Å². The van der Waals surface area contributed by atoms with Crippen LogP contribution >= 0.6 is 0 Å². The lowest BCUT2D eigenvalue weighted by Gasteiger charge is -2.07. The molecule has 1 atom stereocenters. The molecule has 0 aliphatic rings. The van der Waals surface area contributed by atoms with Crippen molar-refractivity contribution in [2.45, 2.75) is 65.4 Å². The van der Waals surface area contributed by atoms with Crippen LogP contribution in [0, 0.1) is 5.92 Å². The first-order chi connectivity index (χ1) is 7.13. The number of hydrogen-bond donors (Lipinski definition) is 2. The number of nitrogens with one attached hydrogen (secondary N) is 1. The molecule has 0 radical (unpaired) electrons. The number of rotatable bonds is 10. The van der Waals surface area contributed by atoms with E-state index in [1.54, 1.807) is 0 Å². The van der Waals surface area contributed by atoms with E-state index in [9.17, 15) is 0 Å². The van der Waals surface area contributed by atoms with Crippen LogP contribution in [0.25, 0.3) is 0 Å². The molecule has 0 heterocycles. The van der Waals surface area contributed by atoms with Crippen molar-refractivity contribution in [2.75, 3.05) is 13.1 Å². The summed E-state index contributed by atoms with van der Waals surface area (Å²) in [5.74, 6) is 0.856. The van der Waals surface area contributed by atoms with Gasteiger partial charge >= 0.3 is 0 Å². The number of aliphatic hydroxyl groups excluding tert-OH is 1.